The van der Waals surface area contributed by atoms with E-state index in [9.17, 15) is 10.2 Å². The average molecular weight is 329 g/mol. The van der Waals surface area contributed by atoms with Crippen LogP contribution >= 0.6 is 0 Å². The minimum absolute atomic E-state index is 0.212. The third kappa shape index (κ3) is 4.26. The fourth-order valence-electron chi connectivity index (χ4n) is 3.61. The zero-order chi connectivity index (χ0) is 16.8. The van der Waals surface area contributed by atoms with Crippen LogP contribution in [0.3, 0.4) is 0 Å². The first-order valence-corrected chi connectivity index (χ1v) is 8.91. The molecule has 0 aliphatic carbocycles. The van der Waals surface area contributed by atoms with Gasteiger partial charge in [0.15, 0.2) is 0 Å². The summed E-state index contributed by atoms with van der Waals surface area (Å²) in [7, 11) is 0. The first-order chi connectivity index (χ1) is 11.8. The Morgan fingerprint density at radius 3 is 2.83 bits per heavy atom. The molecule has 0 radical (unpaired) electrons. The number of piperidine rings is 1. The molecule has 1 heterocycles. The molecule has 0 bridgehead atoms. The zero-order valence-electron chi connectivity index (χ0n) is 14.1. The normalized spacial score (nSPS) is 20.2. The van der Waals surface area contributed by atoms with Crippen molar-refractivity contribution in [3.8, 4) is 5.75 Å². The van der Waals surface area contributed by atoms with Crippen molar-refractivity contribution < 1.29 is 14.9 Å². The summed E-state index contributed by atoms with van der Waals surface area (Å²) in [5.74, 6) is 0.817. The number of hydrogen-bond acceptors (Lipinski definition) is 4. The van der Waals surface area contributed by atoms with Crippen LogP contribution in [0.25, 0.3) is 10.8 Å². The minimum Gasteiger partial charge on any atom is -0.490 e. The van der Waals surface area contributed by atoms with Gasteiger partial charge in [0, 0.05) is 24.6 Å². The molecule has 0 amide bonds. The molecule has 4 nitrogen and oxygen atoms in total. The lowest BCUT2D eigenvalue weighted by Crippen LogP contribution is -2.45. The summed E-state index contributed by atoms with van der Waals surface area (Å²) in [4.78, 5) is 2.30. The zero-order valence-corrected chi connectivity index (χ0v) is 14.1. The Hall–Kier alpha value is -1.62. The molecule has 1 aliphatic rings. The van der Waals surface area contributed by atoms with Gasteiger partial charge in [-0.2, -0.15) is 0 Å². The number of fused-ring (bicyclic) bond motifs is 1. The molecular formula is C20H27NO3. The summed E-state index contributed by atoms with van der Waals surface area (Å²) < 4.78 is 5.89. The molecule has 2 aromatic rings. The predicted molar refractivity (Wildman–Crippen MR) is 96.4 cm³/mol. The number of hydrogen-bond donors (Lipinski definition) is 2. The molecule has 0 spiro atoms. The Balaban J connectivity index is 1.57. The van der Waals surface area contributed by atoms with E-state index < -0.39 is 6.10 Å². The first kappa shape index (κ1) is 17.2. The highest BCUT2D eigenvalue weighted by Crippen LogP contribution is 2.25. The molecular weight excluding hydrogens is 302 g/mol. The molecule has 0 saturated carbocycles. The van der Waals surface area contributed by atoms with Crippen molar-refractivity contribution in [2.24, 2.45) is 0 Å². The number of nitrogens with zero attached hydrogens (tertiary/aromatic N) is 1. The van der Waals surface area contributed by atoms with Crippen molar-refractivity contribution in [2.75, 3.05) is 26.3 Å². The van der Waals surface area contributed by atoms with Gasteiger partial charge in [-0.1, -0.05) is 42.8 Å². The molecule has 0 aromatic heterocycles. The number of rotatable bonds is 7. The van der Waals surface area contributed by atoms with Crippen LogP contribution in [0.15, 0.2) is 42.5 Å². The van der Waals surface area contributed by atoms with Crippen LogP contribution in [0.5, 0.6) is 5.75 Å². The van der Waals surface area contributed by atoms with E-state index in [2.05, 4.69) is 17.0 Å². The predicted octanol–water partition coefficient (Wildman–Crippen LogP) is 2.82. The van der Waals surface area contributed by atoms with E-state index in [4.69, 9.17) is 4.74 Å². The molecule has 1 saturated heterocycles. The molecule has 1 fully saturated rings. The van der Waals surface area contributed by atoms with Gasteiger partial charge in [-0.3, -0.25) is 4.90 Å². The van der Waals surface area contributed by atoms with Gasteiger partial charge in [0.25, 0.3) is 0 Å². The standard InChI is InChI=1S/C20H27NO3/c22-13-11-17-8-3-4-12-21(17)14-18(23)15-24-20-10-5-7-16-6-1-2-9-19(16)20/h1-2,5-7,9-10,17-18,22-23H,3-4,8,11-15H2. The van der Waals surface area contributed by atoms with Crippen molar-refractivity contribution in [1.29, 1.82) is 0 Å². The quantitative estimate of drug-likeness (QED) is 0.820. The molecule has 3 rings (SSSR count). The fraction of sp³-hybridized carbons (Fsp3) is 0.500. The number of benzene rings is 2. The van der Waals surface area contributed by atoms with E-state index in [1.54, 1.807) is 0 Å². The summed E-state index contributed by atoms with van der Waals surface area (Å²) in [6.45, 7) is 2.10. The van der Waals surface area contributed by atoms with Gasteiger partial charge in [-0.25, -0.2) is 0 Å². The monoisotopic (exact) mass is 329 g/mol. The molecule has 1 aliphatic heterocycles. The third-order valence-corrected chi connectivity index (χ3v) is 4.84. The summed E-state index contributed by atoms with van der Waals surface area (Å²) in [5.41, 5.74) is 0. The largest absolute Gasteiger partial charge is 0.490 e. The van der Waals surface area contributed by atoms with E-state index in [1.807, 2.05) is 30.3 Å². The van der Waals surface area contributed by atoms with Gasteiger partial charge in [0.2, 0.25) is 0 Å². The molecule has 2 N–H and O–H groups in total. The minimum atomic E-state index is -0.525. The summed E-state index contributed by atoms with van der Waals surface area (Å²) in [6, 6.07) is 14.5. The van der Waals surface area contributed by atoms with Crippen LogP contribution in [0.2, 0.25) is 0 Å². The molecule has 24 heavy (non-hydrogen) atoms. The summed E-state index contributed by atoms with van der Waals surface area (Å²) in [5, 5.41) is 21.8. The number of likely N-dealkylation sites (tertiary alicyclic amines) is 1. The van der Waals surface area contributed by atoms with Crippen molar-refractivity contribution in [3.63, 3.8) is 0 Å². The fourth-order valence-corrected chi connectivity index (χ4v) is 3.61. The topological polar surface area (TPSA) is 52.9 Å². The van der Waals surface area contributed by atoms with Gasteiger partial charge in [0.1, 0.15) is 18.5 Å². The van der Waals surface area contributed by atoms with E-state index >= 15 is 0 Å². The summed E-state index contributed by atoms with van der Waals surface area (Å²) >= 11 is 0. The molecule has 2 aromatic carbocycles. The van der Waals surface area contributed by atoms with E-state index in [0.717, 1.165) is 35.9 Å². The number of aliphatic hydroxyl groups is 2. The van der Waals surface area contributed by atoms with Gasteiger partial charge in [-0.15, -0.1) is 0 Å². The highest BCUT2D eigenvalue weighted by molar-refractivity contribution is 5.88. The lowest BCUT2D eigenvalue weighted by Gasteiger charge is -2.36. The molecule has 130 valence electrons. The highest BCUT2D eigenvalue weighted by atomic mass is 16.5. The van der Waals surface area contributed by atoms with Crippen LogP contribution in [0.1, 0.15) is 25.7 Å². The van der Waals surface area contributed by atoms with E-state index in [1.165, 1.54) is 12.8 Å². The Labute approximate surface area is 143 Å². The number of aliphatic hydroxyl groups excluding tert-OH is 2. The first-order valence-electron chi connectivity index (χ1n) is 8.91. The van der Waals surface area contributed by atoms with E-state index in [0.29, 0.717) is 12.6 Å². The van der Waals surface area contributed by atoms with Crippen LogP contribution in [-0.2, 0) is 0 Å². The van der Waals surface area contributed by atoms with Crippen molar-refractivity contribution in [1.82, 2.24) is 4.90 Å². The number of ether oxygens (including phenoxy) is 1. The Kier molecular flexibility index (Phi) is 6.07. The van der Waals surface area contributed by atoms with Gasteiger partial charge >= 0.3 is 0 Å². The van der Waals surface area contributed by atoms with Crippen molar-refractivity contribution in [2.45, 2.75) is 37.8 Å². The van der Waals surface area contributed by atoms with Crippen LogP contribution in [-0.4, -0.2) is 53.6 Å². The SMILES string of the molecule is OCCC1CCCCN1CC(O)COc1cccc2ccccc12. The molecule has 2 unspecified atom stereocenters. The van der Waals surface area contributed by atoms with Crippen LogP contribution in [0, 0.1) is 0 Å². The van der Waals surface area contributed by atoms with Crippen LogP contribution in [0.4, 0.5) is 0 Å². The number of β-amino-alcohol motifs (C(OH)–C–C–N with tert-alkyl or cyclic N) is 1. The smallest absolute Gasteiger partial charge is 0.127 e. The molecule has 2 atom stereocenters. The highest BCUT2D eigenvalue weighted by Gasteiger charge is 2.24. The second-order valence-corrected chi connectivity index (χ2v) is 6.60. The van der Waals surface area contributed by atoms with Gasteiger partial charge < -0.3 is 14.9 Å². The van der Waals surface area contributed by atoms with Crippen molar-refractivity contribution >= 4 is 10.8 Å². The second-order valence-electron chi connectivity index (χ2n) is 6.60. The second kappa shape index (κ2) is 8.47. The van der Waals surface area contributed by atoms with Crippen molar-refractivity contribution in [3.05, 3.63) is 42.5 Å². The summed E-state index contributed by atoms with van der Waals surface area (Å²) in [6.07, 6.45) is 3.75. The van der Waals surface area contributed by atoms with Gasteiger partial charge in [0.05, 0.1) is 0 Å². The maximum absolute atomic E-state index is 10.4. The lowest BCUT2D eigenvalue weighted by atomic mass is 9.99. The lowest BCUT2D eigenvalue weighted by molar-refractivity contribution is 0.0335. The van der Waals surface area contributed by atoms with Gasteiger partial charge in [-0.05, 0) is 37.3 Å². The average Bonchev–Trinajstić information content (AvgIpc) is 2.62. The maximum Gasteiger partial charge on any atom is 0.127 e. The third-order valence-electron chi connectivity index (χ3n) is 4.84. The van der Waals surface area contributed by atoms with Crippen LogP contribution < -0.4 is 4.74 Å². The van der Waals surface area contributed by atoms with E-state index in [-0.39, 0.29) is 13.2 Å². The molecule has 4 heteroatoms. The Morgan fingerprint density at radius 1 is 1.12 bits per heavy atom. The maximum atomic E-state index is 10.4. The Morgan fingerprint density at radius 2 is 1.96 bits per heavy atom. The Bertz CT molecular complexity index is 638.